The normalized spacial score (nSPS) is 11.7. The predicted molar refractivity (Wildman–Crippen MR) is 75.8 cm³/mol. The molecule has 0 aliphatic carbocycles. The van der Waals surface area contributed by atoms with Crippen molar-refractivity contribution >= 4 is 9.84 Å². The topological polar surface area (TPSA) is 73.1 Å². The van der Waals surface area contributed by atoms with Crippen LogP contribution in [0.2, 0.25) is 0 Å². The molecule has 20 heavy (non-hydrogen) atoms. The molecule has 0 unspecified atom stereocenters. The molecule has 0 spiro atoms. The molecule has 0 saturated carbocycles. The quantitative estimate of drug-likeness (QED) is 0.818. The Morgan fingerprint density at radius 3 is 2.75 bits per heavy atom. The standard InChI is InChI=1S/C14H18N2O3S/c1-3-5-14-15-13(16-19-14)10-20(17,18)9-12-7-4-6-11(2)8-12/h4,6-8H,3,5,9-10H2,1-2H3. The molecule has 1 aromatic heterocycles. The summed E-state index contributed by atoms with van der Waals surface area (Å²) in [5.41, 5.74) is 1.82. The molecule has 5 nitrogen and oxygen atoms in total. The van der Waals surface area contributed by atoms with E-state index >= 15 is 0 Å². The molecule has 0 N–H and O–H groups in total. The van der Waals surface area contributed by atoms with E-state index in [4.69, 9.17) is 4.52 Å². The van der Waals surface area contributed by atoms with Gasteiger partial charge in [0.05, 0.1) is 5.75 Å². The van der Waals surface area contributed by atoms with Crippen LogP contribution in [0.4, 0.5) is 0 Å². The van der Waals surface area contributed by atoms with E-state index in [1.54, 1.807) is 0 Å². The number of hydrogen-bond acceptors (Lipinski definition) is 5. The smallest absolute Gasteiger partial charge is 0.226 e. The van der Waals surface area contributed by atoms with Crippen molar-refractivity contribution in [3.63, 3.8) is 0 Å². The van der Waals surface area contributed by atoms with Crippen LogP contribution in [0.3, 0.4) is 0 Å². The summed E-state index contributed by atoms with van der Waals surface area (Å²) in [5.74, 6) is 0.537. The molecule has 1 heterocycles. The summed E-state index contributed by atoms with van der Waals surface area (Å²) in [4.78, 5) is 4.09. The van der Waals surface area contributed by atoms with E-state index in [-0.39, 0.29) is 17.3 Å². The third-order valence-corrected chi connectivity index (χ3v) is 4.26. The van der Waals surface area contributed by atoms with Gasteiger partial charge in [0.2, 0.25) is 5.89 Å². The second kappa shape index (κ2) is 6.17. The highest BCUT2D eigenvalue weighted by Crippen LogP contribution is 2.12. The van der Waals surface area contributed by atoms with Crippen LogP contribution in [0.5, 0.6) is 0 Å². The summed E-state index contributed by atoms with van der Waals surface area (Å²) < 4.78 is 29.2. The van der Waals surface area contributed by atoms with Crippen LogP contribution in [0.25, 0.3) is 0 Å². The van der Waals surface area contributed by atoms with Gasteiger partial charge in [-0.05, 0) is 18.9 Å². The van der Waals surface area contributed by atoms with Gasteiger partial charge >= 0.3 is 0 Å². The lowest BCUT2D eigenvalue weighted by Gasteiger charge is -2.03. The third kappa shape index (κ3) is 4.16. The predicted octanol–water partition coefficient (Wildman–Crippen LogP) is 2.45. The highest BCUT2D eigenvalue weighted by molar-refractivity contribution is 7.89. The minimum absolute atomic E-state index is 0.00761. The summed E-state index contributed by atoms with van der Waals surface area (Å²) in [5, 5.41) is 3.71. The Morgan fingerprint density at radius 1 is 1.25 bits per heavy atom. The van der Waals surface area contributed by atoms with Crippen molar-refractivity contribution < 1.29 is 12.9 Å². The summed E-state index contributed by atoms with van der Waals surface area (Å²) >= 11 is 0. The Kier molecular flexibility index (Phi) is 4.54. The monoisotopic (exact) mass is 294 g/mol. The largest absolute Gasteiger partial charge is 0.339 e. The zero-order valence-corrected chi connectivity index (χ0v) is 12.5. The van der Waals surface area contributed by atoms with Crippen LogP contribution in [0, 0.1) is 6.92 Å². The molecule has 0 amide bonds. The maximum Gasteiger partial charge on any atom is 0.226 e. The average Bonchev–Trinajstić information content (AvgIpc) is 2.75. The zero-order valence-electron chi connectivity index (χ0n) is 11.7. The molecule has 108 valence electrons. The number of rotatable bonds is 6. The fourth-order valence-electron chi connectivity index (χ4n) is 1.97. The summed E-state index contributed by atoms with van der Waals surface area (Å²) in [6, 6.07) is 7.47. The fourth-order valence-corrected chi connectivity index (χ4v) is 3.27. The molecule has 2 aromatic rings. The van der Waals surface area contributed by atoms with Gasteiger partial charge < -0.3 is 4.52 Å². The lowest BCUT2D eigenvalue weighted by Crippen LogP contribution is -2.09. The van der Waals surface area contributed by atoms with Gasteiger partial charge in [-0.25, -0.2) is 8.42 Å². The molecule has 1 aromatic carbocycles. The number of aromatic nitrogens is 2. The number of nitrogens with zero attached hydrogens (tertiary/aromatic N) is 2. The van der Waals surface area contributed by atoms with Gasteiger partial charge in [-0.15, -0.1) is 0 Å². The summed E-state index contributed by atoms with van der Waals surface area (Å²) in [6.45, 7) is 3.94. The molecule has 0 aliphatic rings. The van der Waals surface area contributed by atoms with E-state index in [0.29, 0.717) is 12.3 Å². The molecular formula is C14H18N2O3S. The van der Waals surface area contributed by atoms with E-state index in [9.17, 15) is 8.42 Å². The van der Waals surface area contributed by atoms with E-state index < -0.39 is 9.84 Å². The van der Waals surface area contributed by atoms with Crippen molar-refractivity contribution in [2.45, 2.75) is 38.2 Å². The summed E-state index contributed by atoms with van der Waals surface area (Å²) in [6.07, 6.45) is 1.56. The minimum Gasteiger partial charge on any atom is -0.339 e. The first-order valence-electron chi connectivity index (χ1n) is 6.56. The van der Waals surface area contributed by atoms with E-state index in [1.807, 2.05) is 38.1 Å². The van der Waals surface area contributed by atoms with Gasteiger partial charge in [0.25, 0.3) is 0 Å². The lowest BCUT2D eigenvalue weighted by molar-refractivity contribution is 0.373. The highest BCUT2D eigenvalue weighted by Gasteiger charge is 2.17. The first-order valence-corrected chi connectivity index (χ1v) is 8.38. The number of aryl methyl sites for hydroxylation is 2. The second-order valence-electron chi connectivity index (χ2n) is 4.88. The van der Waals surface area contributed by atoms with Crippen LogP contribution < -0.4 is 0 Å². The Hall–Kier alpha value is -1.69. The Labute approximate surface area is 118 Å². The van der Waals surface area contributed by atoms with Gasteiger partial charge in [-0.1, -0.05) is 41.9 Å². The maximum atomic E-state index is 12.1. The first-order chi connectivity index (χ1) is 9.48. The Morgan fingerprint density at radius 2 is 2.05 bits per heavy atom. The van der Waals surface area contributed by atoms with Crippen LogP contribution in [0.15, 0.2) is 28.8 Å². The molecule has 2 rings (SSSR count). The van der Waals surface area contributed by atoms with Crippen LogP contribution in [-0.2, 0) is 27.8 Å². The lowest BCUT2D eigenvalue weighted by atomic mass is 10.2. The highest BCUT2D eigenvalue weighted by atomic mass is 32.2. The first kappa shape index (κ1) is 14.7. The van der Waals surface area contributed by atoms with Crippen LogP contribution >= 0.6 is 0 Å². The van der Waals surface area contributed by atoms with Crippen molar-refractivity contribution in [2.24, 2.45) is 0 Å². The number of hydrogen-bond donors (Lipinski definition) is 0. The van der Waals surface area contributed by atoms with Crippen LogP contribution in [0.1, 0.15) is 36.2 Å². The van der Waals surface area contributed by atoms with Crippen molar-refractivity contribution in [3.8, 4) is 0 Å². The van der Waals surface area contributed by atoms with Gasteiger partial charge in [0.15, 0.2) is 15.7 Å². The van der Waals surface area contributed by atoms with E-state index in [1.165, 1.54) is 0 Å². The molecule has 0 atom stereocenters. The molecule has 6 heteroatoms. The third-order valence-electron chi connectivity index (χ3n) is 2.79. The second-order valence-corrected chi connectivity index (χ2v) is 6.94. The van der Waals surface area contributed by atoms with E-state index in [0.717, 1.165) is 17.5 Å². The molecule has 0 aliphatic heterocycles. The molecule has 0 saturated heterocycles. The zero-order chi connectivity index (χ0) is 14.6. The van der Waals surface area contributed by atoms with Crippen molar-refractivity contribution in [1.29, 1.82) is 0 Å². The van der Waals surface area contributed by atoms with Crippen molar-refractivity contribution in [1.82, 2.24) is 10.1 Å². The Bertz CT molecular complexity index is 677. The molecular weight excluding hydrogens is 276 g/mol. The van der Waals surface area contributed by atoms with Crippen molar-refractivity contribution in [3.05, 3.63) is 47.1 Å². The minimum atomic E-state index is -3.29. The van der Waals surface area contributed by atoms with Gasteiger partial charge in [-0.3, -0.25) is 0 Å². The van der Waals surface area contributed by atoms with Gasteiger partial charge in [0.1, 0.15) is 5.75 Å². The molecule has 0 radical (unpaired) electrons. The number of benzene rings is 1. The van der Waals surface area contributed by atoms with Gasteiger partial charge in [0, 0.05) is 6.42 Å². The maximum absolute atomic E-state index is 12.1. The number of sulfone groups is 1. The van der Waals surface area contributed by atoms with Crippen LogP contribution in [-0.4, -0.2) is 18.6 Å². The van der Waals surface area contributed by atoms with Crippen molar-refractivity contribution in [2.75, 3.05) is 0 Å². The molecule has 0 fully saturated rings. The van der Waals surface area contributed by atoms with E-state index in [2.05, 4.69) is 10.1 Å². The SMILES string of the molecule is CCCc1nc(CS(=O)(=O)Cc2cccc(C)c2)no1. The fraction of sp³-hybridized carbons (Fsp3) is 0.429. The average molecular weight is 294 g/mol. The molecule has 0 bridgehead atoms. The van der Waals surface area contributed by atoms with Gasteiger partial charge in [-0.2, -0.15) is 4.98 Å². The Balaban J connectivity index is 2.06. The summed E-state index contributed by atoms with van der Waals surface area (Å²) in [7, 11) is -3.29.